The predicted octanol–water partition coefficient (Wildman–Crippen LogP) is 2.69. The summed E-state index contributed by atoms with van der Waals surface area (Å²) in [5, 5.41) is 0. The summed E-state index contributed by atoms with van der Waals surface area (Å²) in [6.45, 7) is 0. The van der Waals surface area contributed by atoms with Gasteiger partial charge in [0.1, 0.15) is 5.75 Å². The van der Waals surface area contributed by atoms with E-state index in [1.165, 1.54) is 0 Å². The molecule has 0 saturated heterocycles. The van der Waals surface area contributed by atoms with Gasteiger partial charge >= 0.3 is 0 Å². The number of benzene rings is 1. The van der Waals surface area contributed by atoms with Crippen molar-refractivity contribution >= 4 is 21.9 Å². The fraction of sp³-hybridized carbons (Fsp3) is 0.100. The Morgan fingerprint density at radius 1 is 1.47 bits per heavy atom. The second kappa shape index (κ2) is 3.94. The summed E-state index contributed by atoms with van der Waals surface area (Å²) < 4.78 is 11.2. The molecule has 0 atom stereocenters. The number of nitrogen functional groups attached to an aromatic ring is 1. The minimum absolute atomic E-state index is 0.160. The maximum atomic E-state index is 5.40. The van der Waals surface area contributed by atoms with E-state index < -0.39 is 0 Å². The number of oxazole rings is 1. The topological polar surface area (TPSA) is 61.3 Å². The molecule has 4 nitrogen and oxygen atoms in total. The van der Waals surface area contributed by atoms with E-state index in [9.17, 15) is 0 Å². The van der Waals surface area contributed by atoms with Gasteiger partial charge in [-0.05, 0) is 34.1 Å². The predicted molar refractivity (Wildman–Crippen MR) is 60.6 cm³/mol. The standard InChI is InChI=1S/C10H9BrN2O2/c1-14-6-2-3-7(8(11)4-6)9-5-13-10(12)15-9/h2-5H,1H3,(H2,12,13). The van der Waals surface area contributed by atoms with Crippen LogP contribution in [0.3, 0.4) is 0 Å². The molecule has 1 heterocycles. The second-order valence-electron chi connectivity index (χ2n) is 2.91. The second-order valence-corrected chi connectivity index (χ2v) is 3.76. The zero-order valence-corrected chi connectivity index (χ0v) is 9.61. The molecular formula is C10H9BrN2O2. The molecule has 0 bridgehead atoms. The minimum Gasteiger partial charge on any atom is -0.497 e. The van der Waals surface area contributed by atoms with Crippen LogP contribution >= 0.6 is 15.9 Å². The molecule has 0 aliphatic heterocycles. The summed E-state index contributed by atoms with van der Waals surface area (Å²) in [5.74, 6) is 1.40. The number of hydrogen-bond acceptors (Lipinski definition) is 4. The smallest absolute Gasteiger partial charge is 0.292 e. The van der Waals surface area contributed by atoms with E-state index in [2.05, 4.69) is 20.9 Å². The third-order valence-corrected chi connectivity index (χ3v) is 2.62. The number of rotatable bonds is 2. The number of nitrogens with zero attached hydrogens (tertiary/aromatic N) is 1. The summed E-state index contributed by atoms with van der Waals surface area (Å²) in [6.07, 6.45) is 1.59. The van der Waals surface area contributed by atoms with Crippen molar-refractivity contribution in [2.45, 2.75) is 0 Å². The number of hydrogen-bond donors (Lipinski definition) is 1. The van der Waals surface area contributed by atoms with Crippen molar-refractivity contribution < 1.29 is 9.15 Å². The normalized spacial score (nSPS) is 10.3. The van der Waals surface area contributed by atoms with Crippen LogP contribution in [-0.2, 0) is 0 Å². The van der Waals surface area contributed by atoms with E-state index in [4.69, 9.17) is 14.9 Å². The van der Waals surface area contributed by atoms with Gasteiger partial charge in [-0.25, -0.2) is 4.98 Å². The zero-order valence-electron chi connectivity index (χ0n) is 8.03. The van der Waals surface area contributed by atoms with Crippen LogP contribution in [0, 0.1) is 0 Å². The minimum atomic E-state index is 0.160. The first-order valence-electron chi connectivity index (χ1n) is 4.26. The van der Waals surface area contributed by atoms with E-state index in [-0.39, 0.29) is 6.01 Å². The highest BCUT2D eigenvalue weighted by Crippen LogP contribution is 2.32. The molecule has 2 rings (SSSR count). The monoisotopic (exact) mass is 268 g/mol. The zero-order chi connectivity index (χ0) is 10.8. The van der Waals surface area contributed by atoms with Crippen molar-refractivity contribution in [1.29, 1.82) is 0 Å². The van der Waals surface area contributed by atoms with Gasteiger partial charge in [-0.15, -0.1) is 0 Å². The average molecular weight is 269 g/mol. The molecule has 1 aromatic heterocycles. The molecule has 0 amide bonds. The highest BCUT2D eigenvalue weighted by Gasteiger charge is 2.08. The van der Waals surface area contributed by atoms with Gasteiger partial charge in [-0.3, -0.25) is 0 Å². The van der Waals surface area contributed by atoms with Crippen LogP contribution in [-0.4, -0.2) is 12.1 Å². The van der Waals surface area contributed by atoms with Gasteiger partial charge < -0.3 is 14.9 Å². The third-order valence-electron chi connectivity index (χ3n) is 1.97. The van der Waals surface area contributed by atoms with Crippen molar-refractivity contribution in [1.82, 2.24) is 4.98 Å². The number of anilines is 1. The molecule has 0 aliphatic rings. The van der Waals surface area contributed by atoms with Gasteiger partial charge in [-0.1, -0.05) is 0 Å². The molecule has 0 unspecified atom stereocenters. The molecule has 15 heavy (non-hydrogen) atoms. The van der Waals surface area contributed by atoms with E-state index in [0.29, 0.717) is 5.76 Å². The van der Waals surface area contributed by atoms with Gasteiger partial charge in [0.05, 0.1) is 13.3 Å². The van der Waals surface area contributed by atoms with Crippen molar-refractivity contribution in [3.63, 3.8) is 0 Å². The molecule has 1 aromatic carbocycles. The van der Waals surface area contributed by atoms with Crippen molar-refractivity contribution in [3.8, 4) is 17.1 Å². The van der Waals surface area contributed by atoms with Gasteiger partial charge in [0, 0.05) is 10.0 Å². The first kappa shape index (κ1) is 10.0. The lowest BCUT2D eigenvalue weighted by molar-refractivity contribution is 0.414. The molecular weight excluding hydrogens is 260 g/mol. The van der Waals surface area contributed by atoms with Crippen LogP contribution in [0.15, 0.2) is 33.3 Å². The summed E-state index contributed by atoms with van der Waals surface area (Å²) in [7, 11) is 1.62. The SMILES string of the molecule is COc1ccc(-c2cnc(N)o2)c(Br)c1. The fourth-order valence-corrected chi connectivity index (χ4v) is 1.79. The average Bonchev–Trinajstić information content (AvgIpc) is 2.64. The van der Waals surface area contributed by atoms with E-state index in [1.54, 1.807) is 13.3 Å². The van der Waals surface area contributed by atoms with Crippen LogP contribution in [0.4, 0.5) is 6.01 Å². The lowest BCUT2D eigenvalue weighted by atomic mass is 10.2. The van der Waals surface area contributed by atoms with Crippen LogP contribution in [0.5, 0.6) is 5.75 Å². The summed E-state index contributed by atoms with van der Waals surface area (Å²) in [6, 6.07) is 5.74. The molecule has 5 heteroatoms. The summed E-state index contributed by atoms with van der Waals surface area (Å²) >= 11 is 3.43. The highest BCUT2D eigenvalue weighted by atomic mass is 79.9. The van der Waals surface area contributed by atoms with Crippen LogP contribution in [0.25, 0.3) is 11.3 Å². The number of methoxy groups -OCH3 is 1. The van der Waals surface area contributed by atoms with Crippen molar-refractivity contribution in [3.05, 3.63) is 28.9 Å². The Hall–Kier alpha value is -1.49. The summed E-state index contributed by atoms with van der Waals surface area (Å²) in [4.78, 5) is 3.84. The van der Waals surface area contributed by atoms with Crippen LogP contribution in [0.2, 0.25) is 0 Å². The van der Waals surface area contributed by atoms with E-state index in [1.807, 2.05) is 18.2 Å². The van der Waals surface area contributed by atoms with Gasteiger partial charge in [0.15, 0.2) is 5.76 Å². The third kappa shape index (κ3) is 1.97. The quantitative estimate of drug-likeness (QED) is 0.910. The van der Waals surface area contributed by atoms with Crippen LogP contribution < -0.4 is 10.5 Å². The van der Waals surface area contributed by atoms with Gasteiger partial charge in [0.25, 0.3) is 6.01 Å². The number of ether oxygens (including phenoxy) is 1. The van der Waals surface area contributed by atoms with Crippen molar-refractivity contribution in [2.75, 3.05) is 12.8 Å². The van der Waals surface area contributed by atoms with Crippen molar-refractivity contribution in [2.24, 2.45) is 0 Å². The molecule has 2 aromatic rings. The molecule has 0 radical (unpaired) electrons. The largest absolute Gasteiger partial charge is 0.497 e. The lowest BCUT2D eigenvalue weighted by Gasteiger charge is -2.03. The summed E-state index contributed by atoms with van der Waals surface area (Å²) in [5.41, 5.74) is 6.29. The van der Waals surface area contributed by atoms with E-state index >= 15 is 0 Å². The molecule has 0 fully saturated rings. The molecule has 0 aliphatic carbocycles. The Labute approximate surface area is 95.2 Å². The Kier molecular flexibility index (Phi) is 2.64. The van der Waals surface area contributed by atoms with Gasteiger partial charge in [-0.2, -0.15) is 0 Å². The highest BCUT2D eigenvalue weighted by molar-refractivity contribution is 9.10. The number of aromatic nitrogens is 1. The first-order chi connectivity index (χ1) is 7.20. The first-order valence-corrected chi connectivity index (χ1v) is 5.05. The maximum Gasteiger partial charge on any atom is 0.292 e. The number of nitrogens with two attached hydrogens (primary N) is 1. The maximum absolute atomic E-state index is 5.40. The number of halogens is 1. The van der Waals surface area contributed by atoms with E-state index in [0.717, 1.165) is 15.8 Å². The fourth-order valence-electron chi connectivity index (χ4n) is 1.23. The van der Waals surface area contributed by atoms with Gasteiger partial charge in [0.2, 0.25) is 0 Å². The van der Waals surface area contributed by atoms with Crippen LogP contribution in [0.1, 0.15) is 0 Å². The molecule has 78 valence electrons. The molecule has 2 N–H and O–H groups in total. The lowest BCUT2D eigenvalue weighted by Crippen LogP contribution is -1.84. The Balaban J connectivity index is 2.45. The Bertz CT molecular complexity index is 482. The molecule has 0 saturated carbocycles. The Morgan fingerprint density at radius 3 is 2.80 bits per heavy atom. The molecule has 0 spiro atoms. The Morgan fingerprint density at radius 2 is 2.27 bits per heavy atom.